The Morgan fingerprint density at radius 1 is 0.929 bits per heavy atom. The maximum Gasteiger partial charge on any atom is 0.573 e. The molecule has 1 aliphatic heterocycles. The van der Waals surface area contributed by atoms with Crippen molar-refractivity contribution in [3.63, 3.8) is 0 Å². The van der Waals surface area contributed by atoms with Gasteiger partial charge in [-0.3, -0.25) is 9.88 Å². The van der Waals surface area contributed by atoms with Crippen molar-refractivity contribution in [2.24, 2.45) is 0 Å². The Morgan fingerprint density at radius 3 is 2.43 bits per heavy atom. The number of alkyl halides is 3. The fraction of sp³-hybridized carbons (Fsp3) is 0.241. The van der Waals surface area contributed by atoms with Gasteiger partial charge in [0.25, 0.3) is 0 Å². The Hall–Kier alpha value is -3.44. The van der Waals surface area contributed by atoms with Crippen LogP contribution in [0.5, 0.6) is 5.75 Å². The Kier molecular flexibility index (Phi) is 11.5. The number of halogens is 6. The lowest BCUT2D eigenvalue weighted by molar-refractivity contribution is -0.274. The number of carbonyl (C=O) groups excluding carboxylic acids is 1. The molecule has 2 heterocycles. The molecule has 0 aliphatic carbocycles. The van der Waals surface area contributed by atoms with Crippen molar-refractivity contribution in [1.29, 1.82) is 0 Å². The molecule has 0 amide bonds. The zero-order valence-electron chi connectivity index (χ0n) is 22.1. The van der Waals surface area contributed by atoms with E-state index in [4.69, 9.17) is 16.3 Å². The number of piperazine rings is 1. The van der Waals surface area contributed by atoms with Gasteiger partial charge in [-0.2, -0.15) is 0 Å². The number of fused-ring (bicyclic) bond motifs is 1. The lowest BCUT2D eigenvalue weighted by Crippen LogP contribution is -2.47. The molecule has 1 fully saturated rings. The van der Waals surface area contributed by atoms with Crippen molar-refractivity contribution in [3.8, 4) is 5.75 Å². The van der Waals surface area contributed by atoms with Gasteiger partial charge in [-0.15, -0.1) is 38.0 Å². The van der Waals surface area contributed by atoms with Crippen molar-refractivity contribution >= 4 is 70.3 Å². The van der Waals surface area contributed by atoms with E-state index in [0.29, 0.717) is 39.4 Å². The Morgan fingerprint density at radius 2 is 1.69 bits per heavy atom. The average Bonchev–Trinajstić information content (AvgIpc) is 2.93. The number of hydrogen-bond donors (Lipinski definition) is 1. The molecule has 13 heteroatoms. The second kappa shape index (κ2) is 14.6. The van der Waals surface area contributed by atoms with Gasteiger partial charge in [-0.25, -0.2) is 4.79 Å². The maximum atomic E-state index is 13.0. The second-order valence-electron chi connectivity index (χ2n) is 9.20. The zero-order valence-corrected chi connectivity index (χ0v) is 24.5. The first-order valence-corrected chi connectivity index (χ1v) is 13.0. The number of ether oxygens (including phenoxy) is 2. The Bertz CT molecular complexity index is 1500. The summed E-state index contributed by atoms with van der Waals surface area (Å²) in [6.45, 7) is 4.24. The summed E-state index contributed by atoms with van der Waals surface area (Å²) in [6, 6.07) is 20.3. The van der Waals surface area contributed by atoms with Crippen LogP contribution in [0.2, 0.25) is 5.02 Å². The topological polar surface area (TPSA) is 66.9 Å². The molecule has 224 valence electrons. The molecular weight excluding hydrogens is 616 g/mol. The first-order chi connectivity index (χ1) is 19.2. The summed E-state index contributed by atoms with van der Waals surface area (Å²) in [7, 11) is 0. The summed E-state index contributed by atoms with van der Waals surface area (Å²) in [4.78, 5) is 21.6. The minimum absolute atomic E-state index is 0. The number of esters is 1. The average molecular weight is 644 g/mol. The largest absolute Gasteiger partial charge is 0.573 e. The van der Waals surface area contributed by atoms with Gasteiger partial charge < -0.3 is 19.7 Å². The number of rotatable bonds is 8. The van der Waals surface area contributed by atoms with E-state index in [2.05, 4.69) is 24.8 Å². The van der Waals surface area contributed by atoms with Crippen LogP contribution in [0.25, 0.3) is 10.9 Å². The number of nitrogens with one attached hydrogen (secondary N) is 1. The number of nitrogens with zero attached hydrogens (tertiary/aromatic N) is 3. The van der Waals surface area contributed by atoms with E-state index >= 15 is 0 Å². The van der Waals surface area contributed by atoms with Crippen LogP contribution in [0.3, 0.4) is 0 Å². The number of carbonyl (C=O) groups is 1. The summed E-state index contributed by atoms with van der Waals surface area (Å²) in [5, 5.41) is 4.48. The highest BCUT2D eigenvalue weighted by atomic mass is 35.5. The van der Waals surface area contributed by atoms with Crippen molar-refractivity contribution in [3.05, 3.63) is 89.6 Å². The minimum atomic E-state index is -4.80. The van der Waals surface area contributed by atoms with Gasteiger partial charge in [0, 0.05) is 66.8 Å². The molecule has 5 rings (SSSR count). The number of aromatic nitrogens is 1. The predicted molar refractivity (Wildman–Crippen MR) is 163 cm³/mol. The van der Waals surface area contributed by atoms with Crippen molar-refractivity contribution in [2.75, 3.05) is 49.5 Å². The molecule has 0 spiro atoms. The molecule has 1 N–H and O–H groups in total. The number of anilines is 3. The number of hydrogen-bond acceptors (Lipinski definition) is 7. The monoisotopic (exact) mass is 642 g/mol. The molecule has 1 saturated heterocycles. The van der Waals surface area contributed by atoms with E-state index in [1.165, 1.54) is 24.4 Å². The fourth-order valence-corrected chi connectivity index (χ4v) is 4.78. The molecule has 0 unspecified atom stereocenters. The highest BCUT2D eigenvalue weighted by Gasteiger charge is 2.31. The van der Waals surface area contributed by atoms with Crippen LogP contribution in [0.4, 0.5) is 30.2 Å². The molecule has 0 radical (unpaired) electrons. The van der Waals surface area contributed by atoms with Crippen LogP contribution in [0, 0.1) is 0 Å². The predicted octanol–water partition coefficient (Wildman–Crippen LogP) is 7.35. The van der Waals surface area contributed by atoms with E-state index in [1.54, 1.807) is 30.3 Å². The highest BCUT2D eigenvalue weighted by Crippen LogP contribution is 2.31. The first kappa shape index (κ1) is 33.1. The molecular formula is C29H28Cl3F3N4O3. The van der Waals surface area contributed by atoms with Crippen molar-refractivity contribution in [1.82, 2.24) is 9.88 Å². The van der Waals surface area contributed by atoms with Gasteiger partial charge in [0.1, 0.15) is 12.4 Å². The molecule has 4 aromatic rings. The minimum Gasteiger partial charge on any atom is -0.461 e. The van der Waals surface area contributed by atoms with Crippen LogP contribution >= 0.6 is 36.4 Å². The molecule has 42 heavy (non-hydrogen) atoms. The van der Waals surface area contributed by atoms with Gasteiger partial charge in [-0.1, -0.05) is 29.8 Å². The lowest BCUT2D eigenvalue weighted by Gasteiger charge is -2.36. The highest BCUT2D eigenvalue weighted by molar-refractivity contribution is 6.30. The van der Waals surface area contributed by atoms with Crippen LogP contribution < -0.4 is 15.0 Å². The van der Waals surface area contributed by atoms with E-state index in [1.807, 2.05) is 24.3 Å². The first-order valence-electron chi connectivity index (χ1n) is 12.7. The van der Waals surface area contributed by atoms with E-state index in [-0.39, 0.29) is 37.2 Å². The summed E-state index contributed by atoms with van der Waals surface area (Å²) in [5.74, 6) is -0.834. The lowest BCUT2D eigenvalue weighted by atomic mass is 10.1. The van der Waals surface area contributed by atoms with Crippen LogP contribution in [0.15, 0.2) is 79.0 Å². The molecule has 0 bridgehead atoms. The Labute approximate surface area is 258 Å². The molecule has 7 nitrogen and oxygen atoms in total. The standard InChI is InChI=1S/C29H26ClF3N4O3.2ClH/c30-20-4-3-5-21(18-20)37-14-12-36(13-15-37)16-17-39-28(38)24-6-1-2-7-25(24)35-26-10-11-34-27-19-22(8-9-23(26)27)40-29(31,32)33;;/h1-11,18-19H,12-17H2,(H,34,35);2*1H. The molecule has 3 aromatic carbocycles. The molecule has 1 aromatic heterocycles. The van der Waals surface area contributed by atoms with Crippen molar-refractivity contribution in [2.45, 2.75) is 6.36 Å². The SMILES string of the molecule is Cl.Cl.O=C(OCCN1CCN(c2cccc(Cl)c2)CC1)c1ccccc1Nc1ccnc2cc(OC(F)(F)F)ccc12. The van der Waals surface area contributed by atoms with Crippen LogP contribution in [-0.4, -0.2) is 61.5 Å². The normalized spacial score (nSPS) is 13.6. The fourth-order valence-electron chi connectivity index (χ4n) is 4.60. The van der Waals surface area contributed by atoms with Gasteiger partial charge in [0.05, 0.1) is 16.8 Å². The summed E-state index contributed by atoms with van der Waals surface area (Å²) in [5.41, 5.74) is 2.82. The van der Waals surface area contributed by atoms with Crippen molar-refractivity contribution < 1.29 is 27.4 Å². The summed E-state index contributed by atoms with van der Waals surface area (Å²) in [6.07, 6.45) is -3.33. The van der Waals surface area contributed by atoms with Gasteiger partial charge in [-0.05, 0) is 48.5 Å². The number of pyridine rings is 1. The number of para-hydroxylation sites is 1. The quantitative estimate of drug-likeness (QED) is 0.201. The smallest absolute Gasteiger partial charge is 0.461 e. The zero-order chi connectivity index (χ0) is 28.1. The van der Waals surface area contributed by atoms with Crippen LogP contribution in [0.1, 0.15) is 10.4 Å². The summed E-state index contributed by atoms with van der Waals surface area (Å²) < 4.78 is 47.4. The molecule has 0 atom stereocenters. The second-order valence-corrected chi connectivity index (χ2v) is 9.64. The third-order valence-corrected chi connectivity index (χ3v) is 6.79. The van der Waals surface area contributed by atoms with E-state index < -0.39 is 12.3 Å². The third kappa shape index (κ3) is 8.54. The molecule has 1 aliphatic rings. The third-order valence-electron chi connectivity index (χ3n) is 6.55. The van der Waals surface area contributed by atoms with Gasteiger partial charge >= 0.3 is 12.3 Å². The van der Waals surface area contributed by atoms with Gasteiger partial charge in [0.15, 0.2) is 0 Å². The molecule has 0 saturated carbocycles. The van der Waals surface area contributed by atoms with E-state index in [9.17, 15) is 18.0 Å². The Balaban J connectivity index is 0.00000242. The van der Waals surface area contributed by atoms with E-state index in [0.717, 1.165) is 31.9 Å². The maximum absolute atomic E-state index is 13.0. The summed E-state index contributed by atoms with van der Waals surface area (Å²) >= 11 is 6.12. The van der Waals surface area contributed by atoms with Gasteiger partial charge in [0.2, 0.25) is 0 Å². The van der Waals surface area contributed by atoms with Crippen LogP contribution in [-0.2, 0) is 4.74 Å². The number of benzene rings is 3.